The second-order valence-corrected chi connectivity index (χ2v) is 12.7. The van der Waals surface area contributed by atoms with Gasteiger partial charge in [0.05, 0.1) is 41.2 Å². The van der Waals surface area contributed by atoms with Gasteiger partial charge in [0, 0.05) is 68.0 Å². The van der Waals surface area contributed by atoms with Crippen LogP contribution in [-0.4, -0.2) is 64.8 Å². The van der Waals surface area contributed by atoms with Crippen LogP contribution in [0, 0.1) is 18.6 Å². The minimum Gasteiger partial charge on any atom is -0.474 e. The Balaban J connectivity index is 1.41. The number of likely N-dealkylation sites (tertiary alicyclic amines) is 1. The number of aromatic nitrogens is 3. The highest BCUT2D eigenvalue weighted by atomic mass is 19.1. The summed E-state index contributed by atoms with van der Waals surface area (Å²) >= 11 is 0. The van der Waals surface area contributed by atoms with Gasteiger partial charge in [-0.25, -0.2) is 18.7 Å². The largest absolute Gasteiger partial charge is 0.474 e. The molecule has 0 atom stereocenters. The Bertz CT molecular complexity index is 1690. The van der Waals surface area contributed by atoms with Crippen LogP contribution in [0.25, 0.3) is 22.3 Å². The van der Waals surface area contributed by atoms with Crippen LogP contribution in [0.1, 0.15) is 50.7 Å². The van der Waals surface area contributed by atoms with Crippen LogP contribution in [-0.2, 0) is 9.47 Å². The number of hydrogen-bond acceptors (Lipinski definition) is 8. The maximum atomic E-state index is 15.6. The SMILES string of the molecule is C=C(OC(C)(C)C)N1CCC(c2cnc(N3CCOCC3)cc2Nc2c(C)c(-c3ccccn3)nc3cc(F)cc(F)c23)CC1. The van der Waals surface area contributed by atoms with E-state index >= 15 is 4.39 Å². The predicted molar refractivity (Wildman–Crippen MR) is 174 cm³/mol. The second kappa shape index (κ2) is 12.6. The van der Waals surface area contributed by atoms with E-state index in [4.69, 9.17) is 14.5 Å². The topological polar surface area (TPSA) is 75.6 Å². The van der Waals surface area contributed by atoms with E-state index in [0.717, 1.165) is 62.2 Å². The first kappa shape index (κ1) is 30.7. The number of hydrogen-bond donors (Lipinski definition) is 1. The van der Waals surface area contributed by atoms with E-state index in [1.807, 2.05) is 58.2 Å². The number of benzene rings is 1. The van der Waals surface area contributed by atoms with Crippen molar-refractivity contribution in [2.75, 3.05) is 49.6 Å². The summed E-state index contributed by atoms with van der Waals surface area (Å²) in [7, 11) is 0. The molecule has 6 rings (SSSR count). The number of fused-ring (bicyclic) bond motifs is 1. The fourth-order valence-electron chi connectivity index (χ4n) is 6.16. The fourth-order valence-corrected chi connectivity index (χ4v) is 6.16. The molecule has 0 amide bonds. The highest BCUT2D eigenvalue weighted by molar-refractivity contribution is 5.98. The smallest absolute Gasteiger partial charge is 0.182 e. The maximum absolute atomic E-state index is 15.6. The molecule has 2 aliphatic rings. The van der Waals surface area contributed by atoms with E-state index in [9.17, 15) is 4.39 Å². The molecule has 0 radical (unpaired) electrons. The van der Waals surface area contributed by atoms with Crippen LogP contribution in [0.15, 0.2) is 61.3 Å². The van der Waals surface area contributed by atoms with Gasteiger partial charge in [-0.05, 0) is 70.7 Å². The molecule has 8 nitrogen and oxygen atoms in total. The second-order valence-electron chi connectivity index (χ2n) is 12.7. The Kier molecular flexibility index (Phi) is 8.59. The number of rotatable bonds is 7. The summed E-state index contributed by atoms with van der Waals surface area (Å²) in [6.07, 6.45) is 5.37. The van der Waals surface area contributed by atoms with Gasteiger partial charge in [-0.1, -0.05) is 6.07 Å². The van der Waals surface area contributed by atoms with Crippen LogP contribution < -0.4 is 10.2 Å². The molecule has 236 valence electrons. The van der Waals surface area contributed by atoms with E-state index in [0.29, 0.717) is 41.7 Å². The van der Waals surface area contributed by atoms with Crippen molar-refractivity contribution in [3.8, 4) is 11.4 Å². The third-order valence-corrected chi connectivity index (χ3v) is 8.38. The number of nitrogens with one attached hydrogen (secondary N) is 1. The molecular formula is C35H40F2N6O2. The zero-order valence-electron chi connectivity index (χ0n) is 26.4. The van der Waals surface area contributed by atoms with Crippen LogP contribution in [0.3, 0.4) is 0 Å². The summed E-state index contributed by atoms with van der Waals surface area (Å²) in [6.45, 7) is 16.4. The highest BCUT2D eigenvalue weighted by Crippen LogP contribution is 2.41. The maximum Gasteiger partial charge on any atom is 0.182 e. The zero-order valence-corrected chi connectivity index (χ0v) is 26.4. The lowest BCUT2D eigenvalue weighted by Gasteiger charge is -2.37. The summed E-state index contributed by atoms with van der Waals surface area (Å²) in [4.78, 5) is 18.4. The first-order valence-electron chi connectivity index (χ1n) is 15.5. The van der Waals surface area contributed by atoms with Crippen LogP contribution in [0.5, 0.6) is 0 Å². The monoisotopic (exact) mass is 614 g/mol. The van der Waals surface area contributed by atoms with Crippen molar-refractivity contribution in [2.45, 2.75) is 52.1 Å². The number of pyridine rings is 3. The summed E-state index contributed by atoms with van der Waals surface area (Å²) in [5.74, 6) is 0.344. The number of anilines is 3. The first-order valence-corrected chi connectivity index (χ1v) is 15.5. The summed E-state index contributed by atoms with van der Waals surface area (Å²) in [5, 5.41) is 3.84. The van der Waals surface area contributed by atoms with E-state index < -0.39 is 11.6 Å². The van der Waals surface area contributed by atoms with Crippen molar-refractivity contribution in [1.82, 2.24) is 19.9 Å². The number of piperidine rings is 1. The van der Waals surface area contributed by atoms with Gasteiger partial charge in [0.25, 0.3) is 0 Å². The molecule has 10 heteroatoms. The Hall–Kier alpha value is -4.31. The van der Waals surface area contributed by atoms with E-state index in [1.54, 1.807) is 6.20 Å². The zero-order chi connectivity index (χ0) is 31.7. The molecule has 45 heavy (non-hydrogen) atoms. The molecule has 2 fully saturated rings. The van der Waals surface area contributed by atoms with Crippen molar-refractivity contribution >= 4 is 28.1 Å². The third kappa shape index (κ3) is 6.71. The van der Waals surface area contributed by atoms with Crippen LogP contribution >= 0.6 is 0 Å². The Labute approximate surface area is 263 Å². The van der Waals surface area contributed by atoms with Crippen molar-refractivity contribution in [3.05, 3.63) is 84.0 Å². The molecule has 1 aromatic carbocycles. The molecule has 5 heterocycles. The number of halogens is 2. The van der Waals surface area contributed by atoms with Crippen molar-refractivity contribution in [2.24, 2.45) is 0 Å². The predicted octanol–water partition coefficient (Wildman–Crippen LogP) is 7.32. The molecule has 3 aromatic heterocycles. The minimum absolute atomic E-state index is 0.198. The average molecular weight is 615 g/mol. The molecule has 2 aliphatic heterocycles. The van der Waals surface area contributed by atoms with Crippen molar-refractivity contribution in [1.29, 1.82) is 0 Å². The molecule has 0 spiro atoms. The van der Waals surface area contributed by atoms with Gasteiger partial charge in [-0.15, -0.1) is 0 Å². The summed E-state index contributed by atoms with van der Waals surface area (Å²) < 4.78 is 41.7. The third-order valence-electron chi connectivity index (χ3n) is 8.38. The van der Waals surface area contributed by atoms with Gasteiger partial charge < -0.3 is 24.6 Å². The lowest BCUT2D eigenvalue weighted by Crippen LogP contribution is -2.37. The molecule has 1 N–H and O–H groups in total. The minimum atomic E-state index is -0.683. The van der Waals surface area contributed by atoms with Crippen LogP contribution in [0.2, 0.25) is 0 Å². The van der Waals surface area contributed by atoms with Crippen molar-refractivity contribution < 1.29 is 18.3 Å². The van der Waals surface area contributed by atoms with Gasteiger partial charge in [-0.3, -0.25) is 4.98 Å². The van der Waals surface area contributed by atoms with E-state index in [2.05, 4.69) is 31.7 Å². The molecule has 0 saturated carbocycles. The fraction of sp³-hybridized carbons (Fsp3) is 0.400. The quantitative estimate of drug-likeness (QED) is 0.217. The molecule has 0 bridgehead atoms. The Morgan fingerprint density at radius 3 is 2.49 bits per heavy atom. The standard InChI is InChI=1S/C35H40F2N6O2/c1-22-33(28-8-6-7-11-38-28)41-30-19-25(36)18-27(37)32(30)34(22)40-29-20-31(43-14-16-44-17-15-43)39-21-26(29)24-9-12-42(13-10-24)23(2)45-35(3,4)5/h6-8,11,18-21,24H,2,9-10,12-17H2,1,3-5H3,(H,39,40,41). The van der Waals surface area contributed by atoms with E-state index in [1.165, 1.54) is 6.07 Å². The molecular weight excluding hydrogens is 574 g/mol. The Morgan fingerprint density at radius 2 is 1.80 bits per heavy atom. The molecule has 4 aromatic rings. The first-order chi connectivity index (χ1) is 21.6. The van der Waals surface area contributed by atoms with Crippen LogP contribution in [0.4, 0.5) is 26.0 Å². The summed E-state index contributed by atoms with van der Waals surface area (Å²) in [5.41, 5.74) is 4.21. The lowest BCUT2D eigenvalue weighted by atomic mass is 9.89. The summed E-state index contributed by atoms with van der Waals surface area (Å²) in [6, 6.07) is 9.76. The van der Waals surface area contributed by atoms with Gasteiger partial charge in [0.2, 0.25) is 0 Å². The normalized spacial score (nSPS) is 16.2. The van der Waals surface area contributed by atoms with E-state index in [-0.39, 0.29) is 22.4 Å². The number of morpholine rings is 1. The molecule has 0 unspecified atom stereocenters. The number of nitrogens with zero attached hydrogens (tertiary/aromatic N) is 5. The van der Waals surface area contributed by atoms with Crippen molar-refractivity contribution in [3.63, 3.8) is 0 Å². The van der Waals surface area contributed by atoms with Gasteiger partial charge in [0.15, 0.2) is 5.88 Å². The van der Waals surface area contributed by atoms with Gasteiger partial charge >= 0.3 is 0 Å². The number of ether oxygens (including phenoxy) is 2. The average Bonchev–Trinajstić information content (AvgIpc) is 3.02. The molecule has 0 aliphatic carbocycles. The lowest BCUT2D eigenvalue weighted by molar-refractivity contribution is -0.00292. The van der Waals surface area contributed by atoms with Gasteiger partial charge in [-0.2, -0.15) is 0 Å². The Morgan fingerprint density at radius 1 is 1.04 bits per heavy atom. The van der Waals surface area contributed by atoms with Gasteiger partial charge in [0.1, 0.15) is 23.1 Å². The highest BCUT2D eigenvalue weighted by Gasteiger charge is 2.28. The molecule has 2 saturated heterocycles.